The van der Waals surface area contributed by atoms with Crippen LogP contribution in [0.15, 0.2) is 0 Å². The van der Waals surface area contributed by atoms with Gasteiger partial charge in [0.1, 0.15) is 9.75 Å². The predicted molar refractivity (Wildman–Crippen MR) is 143 cm³/mol. The van der Waals surface area contributed by atoms with Crippen LogP contribution in [0.3, 0.4) is 0 Å². The van der Waals surface area contributed by atoms with E-state index in [1.807, 2.05) is 13.8 Å². The van der Waals surface area contributed by atoms with Gasteiger partial charge in [0.05, 0.1) is 21.4 Å². The number of aryl methyl sites for hydroxylation is 3. The van der Waals surface area contributed by atoms with E-state index in [1.165, 1.54) is 29.1 Å². The fourth-order valence-corrected chi connectivity index (χ4v) is 4.76. The number of rotatable bonds is 12. The first-order chi connectivity index (χ1) is 16.2. The highest BCUT2D eigenvalue weighted by atomic mass is 32.1. The van der Waals surface area contributed by atoms with Crippen molar-refractivity contribution in [3.63, 3.8) is 0 Å². The molecule has 0 saturated heterocycles. The number of nitrogens with zero attached hydrogens (tertiary/aromatic N) is 2. The third-order valence-electron chi connectivity index (χ3n) is 4.45. The van der Waals surface area contributed by atoms with E-state index >= 15 is 0 Å². The Morgan fingerprint density at radius 3 is 1.91 bits per heavy atom. The molecule has 2 amide bonds. The number of hydrogen-bond acceptors (Lipinski definition) is 9. The minimum atomic E-state index is -0.449. The minimum Gasteiger partial charge on any atom is -0.365 e. The van der Waals surface area contributed by atoms with E-state index in [0.29, 0.717) is 28.5 Å². The number of carbonyl (C=O) groups is 2. The fourth-order valence-electron chi connectivity index (χ4n) is 2.88. The zero-order valence-electron chi connectivity index (χ0n) is 21.1. The van der Waals surface area contributed by atoms with Crippen LogP contribution < -0.4 is 28.7 Å². The highest BCUT2D eigenvalue weighted by Gasteiger charge is 2.19. The lowest BCUT2D eigenvalue weighted by Gasteiger charge is -2.09. The van der Waals surface area contributed by atoms with Crippen LogP contribution in [0, 0.1) is 6.92 Å². The van der Waals surface area contributed by atoms with Crippen LogP contribution in [0.5, 0.6) is 0 Å². The Hall–Kier alpha value is -1.92. The molecule has 1 unspecified atom stereocenters. The predicted octanol–water partition coefficient (Wildman–Crippen LogP) is 3.18. The van der Waals surface area contributed by atoms with Crippen LogP contribution in [0.4, 0.5) is 0 Å². The van der Waals surface area contributed by atoms with Crippen molar-refractivity contribution in [2.24, 2.45) is 28.7 Å². The highest BCUT2D eigenvalue weighted by molar-refractivity contribution is 7.14. The Morgan fingerprint density at radius 2 is 1.44 bits per heavy atom. The Morgan fingerprint density at radius 1 is 0.882 bits per heavy atom. The summed E-state index contributed by atoms with van der Waals surface area (Å²) in [6.45, 7) is 9.43. The van der Waals surface area contributed by atoms with Crippen molar-refractivity contribution < 1.29 is 9.59 Å². The molecule has 0 radical (unpaired) electrons. The maximum absolute atomic E-state index is 11.2. The van der Waals surface area contributed by atoms with Gasteiger partial charge >= 0.3 is 0 Å². The monoisotopic (exact) mass is 513 g/mol. The summed E-state index contributed by atoms with van der Waals surface area (Å²) < 4.78 is 0. The molecule has 2 aromatic heterocycles. The maximum atomic E-state index is 11.2. The minimum absolute atomic E-state index is 0.223. The summed E-state index contributed by atoms with van der Waals surface area (Å²) in [6.07, 6.45) is 7.56. The Labute approximate surface area is 211 Å². The lowest BCUT2D eigenvalue weighted by molar-refractivity contribution is 0.0994. The molecule has 194 valence electrons. The zero-order chi connectivity index (χ0) is 26.1. The van der Waals surface area contributed by atoms with Gasteiger partial charge in [-0.15, -0.1) is 22.7 Å². The van der Waals surface area contributed by atoms with E-state index in [4.69, 9.17) is 28.7 Å². The number of unbranched alkanes of at least 4 members (excludes halogenated alkanes) is 2. The normalized spacial score (nSPS) is 11.1. The molecule has 0 aliphatic heterocycles. The van der Waals surface area contributed by atoms with E-state index in [0.717, 1.165) is 60.7 Å². The summed E-state index contributed by atoms with van der Waals surface area (Å²) >= 11 is 2.72. The van der Waals surface area contributed by atoms with Gasteiger partial charge < -0.3 is 28.7 Å². The van der Waals surface area contributed by atoms with E-state index in [2.05, 4.69) is 23.8 Å². The first-order valence-corrected chi connectivity index (χ1v) is 13.5. The first-order valence-electron chi connectivity index (χ1n) is 11.9. The van der Waals surface area contributed by atoms with Crippen LogP contribution in [-0.2, 0) is 12.8 Å². The van der Waals surface area contributed by atoms with E-state index in [-0.39, 0.29) is 11.9 Å². The Balaban J connectivity index is 0.000000575. The third kappa shape index (κ3) is 12.0. The molecule has 34 heavy (non-hydrogen) atoms. The van der Waals surface area contributed by atoms with Gasteiger partial charge in [0, 0.05) is 6.04 Å². The van der Waals surface area contributed by atoms with E-state index in [9.17, 15) is 9.59 Å². The molecule has 0 bridgehead atoms. The van der Waals surface area contributed by atoms with Gasteiger partial charge in [0.2, 0.25) is 0 Å². The average molecular weight is 514 g/mol. The topological polar surface area (TPSA) is 190 Å². The Kier molecular flexibility index (Phi) is 17.4. The highest BCUT2D eigenvalue weighted by Crippen LogP contribution is 2.25. The van der Waals surface area contributed by atoms with Crippen LogP contribution in [-0.4, -0.2) is 34.9 Å². The lowest BCUT2D eigenvalue weighted by atomic mass is 10.1. The van der Waals surface area contributed by atoms with Crippen molar-refractivity contribution in [3.8, 4) is 0 Å². The molecule has 0 aliphatic carbocycles. The van der Waals surface area contributed by atoms with Crippen LogP contribution in [0.2, 0.25) is 0 Å². The molecular formula is C23H43N7O2S2. The number of aromatic nitrogens is 2. The fraction of sp³-hybridized carbons (Fsp3) is 0.652. The maximum Gasteiger partial charge on any atom is 0.260 e. The summed E-state index contributed by atoms with van der Waals surface area (Å²) in [4.78, 5) is 32.0. The van der Waals surface area contributed by atoms with Gasteiger partial charge in [-0.1, -0.05) is 33.6 Å². The largest absolute Gasteiger partial charge is 0.365 e. The molecule has 9 nitrogen and oxygen atoms in total. The molecule has 0 saturated carbocycles. The van der Waals surface area contributed by atoms with Crippen LogP contribution >= 0.6 is 22.7 Å². The van der Waals surface area contributed by atoms with Gasteiger partial charge in [-0.05, 0) is 58.5 Å². The second kappa shape index (κ2) is 18.4. The molecule has 2 rings (SSSR count). The summed E-state index contributed by atoms with van der Waals surface area (Å²) in [5.74, 6) is -0.815. The van der Waals surface area contributed by atoms with E-state index < -0.39 is 5.91 Å². The van der Waals surface area contributed by atoms with Gasteiger partial charge in [-0.25, -0.2) is 9.97 Å². The number of nitrogens with two attached hydrogens (primary N) is 5. The molecule has 2 heterocycles. The summed E-state index contributed by atoms with van der Waals surface area (Å²) in [7, 11) is 0. The van der Waals surface area contributed by atoms with Crippen molar-refractivity contribution in [2.75, 3.05) is 13.1 Å². The second-order valence-corrected chi connectivity index (χ2v) is 10.0. The smallest absolute Gasteiger partial charge is 0.260 e. The molecule has 2 aromatic rings. The van der Waals surface area contributed by atoms with Gasteiger partial charge in [0.25, 0.3) is 11.8 Å². The molecule has 11 heteroatoms. The van der Waals surface area contributed by atoms with Crippen molar-refractivity contribution >= 4 is 34.5 Å². The lowest BCUT2D eigenvalue weighted by Crippen LogP contribution is -2.18. The van der Waals surface area contributed by atoms with E-state index in [1.54, 1.807) is 0 Å². The zero-order valence-corrected chi connectivity index (χ0v) is 22.7. The number of thiazole rings is 2. The number of amides is 2. The average Bonchev–Trinajstić information content (AvgIpc) is 3.39. The molecule has 0 spiro atoms. The molecule has 0 aromatic carbocycles. The quantitative estimate of drug-likeness (QED) is 0.269. The van der Waals surface area contributed by atoms with Gasteiger partial charge in [-0.2, -0.15) is 0 Å². The van der Waals surface area contributed by atoms with Gasteiger partial charge in [-0.3, -0.25) is 9.59 Å². The molecule has 0 aliphatic rings. The van der Waals surface area contributed by atoms with Crippen molar-refractivity contribution in [3.05, 3.63) is 31.2 Å². The number of carbonyl (C=O) groups excluding carboxylic acids is 2. The number of primary amides is 2. The van der Waals surface area contributed by atoms with Gasteiger partial charge in [0.15, 0.2) is 0 Å². The van der Waals surface area contributed by atoms with Crippen molar-refractivity contribution in [1.29, 1.82) is 0 Å². The van der Waals surface area contributed by atoms with Crippen molar-refractivity contribution in [1.82, 2.24) is 9.97 Å². The molecule has 0 fully saturated rings. The Bertz CT molecular complexity index is 852. The molecule has 10 N–H and O–H groups in total. The standard InChI is InChI=1S/C10H18N4OS.C10H17N3OS.C3H8/c1-6-14-8(9(16-6)10(13)15)7(12)4-2-3-5-11;1-2-7-9(10(12)14)15-8(13-7)5-3-4-6-11;1-3-2/h7H,2-5,11-12H2,1H3,(H2,13,15);2-6,11H2,1H3,(H2,12,14);3H2,1-2H3. The summed E-state index contributed by atoms with van der Waals surface area (Å²) in [5, 5.41) is 1.81. The molecule has 1 atom stereocenters. The summed E-state index contributed by atoms with van der Waals surface area (Å²) in [6, 6.07) is -0.223. The van der Waals surface area contributed by atoms with Crippen molar-refractivity contribution in [2.45, 2.75) is 85.1 Å². The third-order valence-corrected chi connectivity index (χ3v) is 6.62. The molecular weight excluding hydrogens is 470 g/mol. The number of hydrogen-bond donors (Lipinski definition) is 5. The second-order valence-electron chi connectivity index (χ2n) is 7.76. The first kappa shape index (κ1) is 32.1. The summed E-state index contributed by atoms with van der Waals surface area (Å²) in [5.41, 5.74) is 28.8. The van der Waals surface area contributed by atoms with Crippen LogP contribution in [0.25, 0.3) is 0 Å². The van der Waals surface area contributed by atoms with Crippen LogP contribution in [0.1, 0.15) is 106 Å². The SMILES string of the molecule is CCC.CCc1nc(CCCCN)sc1C(N)=O.Cc1nc(C(N)CCCCN)c(C(N)=O)s1.